The van der Waals surface area contributed by atoms with Gasteiger partial charge < -0.3 is 14.5 Å². The van der Waals surface area contributed by atoms with Gasteiger partial charge in [0.15, 0.2) is 4.34 Å². The van der Waals surface area contributed by atoms with Crippen molar-refractivity contribution in [2.24, 2.45) is 0 Å². The lowest BCUT2D eigenvalue weighted by molar-refractivity contribution is 0.417. The van der Waals surface area contributed by atoms with Crippen LogP contribution >= 0.6 is 39.0 Å². The molecule has 0 fully saturated rings. The van der Waals surface area contributed by atoms with E-state index in [1.165, 1.54) is 23.1 Å². The van der Waals surface area contributed by atoms with Gasteiger partial charge in [-0.3, -0.25) is 0 Å². The lowest BCUT2D eigenvalue weighted by Gasteiger charge is -2.07. The van der Waals surface area contributed by atoms with E-state index in [1.54, 1.807) is 7.11 Å². The maximum atomic E-state index is 5.76. The Bertz CT molecular complexity index is 1090. The predicted octanol–water partition coefficient (Wildman–Crippen LogP) is 5.40. The van der Waals surface area contributed by atoms with E-state index >= 15 is 0 Å². The summed E-state index contributed by atoms with van der Waals surface area (Å²) in [5.74, 6) is 2.28. The summed E-state index contributed by atoms with van der Waals surface area (Å²) in [6, 6.07) is 15.4. The zero-order valence-electron chi connectivity index (χ0n) is 14.6. The highest BCUT2D eigenvalue weighted by atomic mass is 79.9. The molecule has 4 aromatic rings. The number of methoxy groups -OCH3 is 1. The third kappa shape index (κ3) is 4.34. The summed E-state index contributed by atoms with van der Waals surface area (Å²) in [5.41, 5.74) is 1.71. The van der Waals surface area contributed by atoms with Crippen molar-refractivity contribution in [1.82, 2.24) is 20.4 Å². The lowest BCUT2D eigenvalue weighted by Crippen LogP contribution is -1.93. The van der Waals surface area contributed by atoms with Gasteiger partial charge in [0.1, 0.15) is 5.75 Å². The minimum atomic E-state index is 0.485. The number of benzene rings is 2. The maximum absolute atomic E-state index is 5.76. The Morgan fingerprint density at radius 2 is 1.89 bits per heavy atom. The van der Waals surface area contributed by atoms with Crippen LogP contribution in [0, 0.1) is 0 Å². The van der Waals surface area contributed by atoms with E-state index in [1.807, 2.05) is 48.5 Å². The third-order valence-corrected chi connectivity index (χ3v) is 6.29. The van der Waals surface area contributed by atoms with Gasteiger partial charge in [-0.1, -0.05) is 47.4 Å². The molecule has 0 spiro atoms. The Hall–Kier alpha value is -2.43. The molecule has 7 nitrogen and oxygen atoms in total. The lowest BCUT2D eigenvalue weighted by atomic mass is 10.2. The summed E-state index contributed by atoms with van der Waals surface area (Å²) in [6.07, 6.45) is 0. The molecule has 2 aromatic heterocycles. The van der Waals surface area contributed by atoms with Crippen LogP contribution in [0.2, 0.25) is 0 Å². The van der Waals surface area contributed by atoms with Gasteiger partial charge in [0.2, 0.25) is 16.9 Å². The molecular formula is C18H14BrN5O2S2. The van der Waals surface area contributed by atoms with E-state index < -0.39 is 0 Å². The quantitative estimate of drug-likeness (QED) is 0.355. The highest BCUT2D eigenvalue weighted by Gasteiger charge is 2.13. The van der Waals surface area contributed by atoms with Crippen LogP contribution in [0.3, 0.4) is 0 Å². The Balaban J connectivity index is 1.39. The first-order valence-corrected chi connectivity index (χ1v) is 10.8. The molecule has 0 atom stereocenters. The van der Waals surface area contributed by atoms with Gasteiger partial charge in [-0.25, -0.2) is 0 Å². The van der Waals surface area contributed by atoms with Gasteiger partial charge in [-0.2, -0.15) is 0 Å². The monoisotopic (exact) mass is 475 g/mol. The minimum absolute atomic E-state index is 0.485. The van der Waals surface area contributed by atoms with Gasteiger partial charge in [0, 0.05) is 4.47 Å². The normalized spacial score (nSPS) is 10.8. The summed E-state index contributed by atoms with van der Waals surface area (Å²) in [7, 11) is 1.63. The van der Waals surface area contributed by atoms with Crippen LogP contribution in [0.15, 0.2) is 61.8 Å². The predicted molar refractivity (Wildman–Crippen MR) is 113 cm³/mol. The molecule has 0 amide bonds. The molecule has 1 N–H and O–H groups in total. The first-order chi connectivity index (χ1) is 13.7. The molecule has 0 bridgehead atoms. The van der Waals surface area contributed by atoms with Crippen LogP contribution in [-0.2, 0) is 5.75 Å². The van der Waals surface area contributed by atoms with E-state index in [-0.39, 0.29) is 0 Å². The minimum Gasteiger partial charge on any atom is -0.495 e. The highest BCUT2D eigenvalue weighted by molar-refractivity contribution is 9.10. The summed E-state index contributed by atoms with van der Waals surface area (Å²) in [4.78, 5) is 0. The maximum Gasteiger partial charge on any atom is 0.248 e. The zero-order valence-corrected chi connectivity index (χ0v) is 17.8. The van der Waals surface area contributed by atoms with Crippen molar-refractivity contribution >= 4 is 49.8 Å². The molecule has 0 unspecified atom stereocenters. The van der Waals surface area contributed by atoms with Gasteiger partial charge >= 0.3 is 0 Å². The van der Waals surface area contributed by atoms with E-state index in [9.17, 15) is 0 Å². The number of para-hydroxylation sites is 2. The van der Waals surface area contributed by atoms with Crippen molar-refractivity contribution in [1.29, 1.82) is 0 Å². The number of aromatic nitrogens is 4. The Labute approximate surface area is 177 Å². The summed E-state index contributed by atoms with van der Waals surface area (Å²) in [6.45, 7) is 0. The number of nitrogens with one attached hydrogen (secondary N) is 1. The average Bonchev–Trinajstić information content (AvgIpc) is 3.37. The van der Waals surface area contributed by atoms with Crippen molar-refractivity contribution in [3.05, 3.63) is 58.9 Å². The fourth-order valence-corrected chi connectivity index (χ4v) is 4.42. The zero-order chi connectivity index (χ0) is 19.3. The van der Waals surface area contributed by atoms with E-state index in [0.29, 0.717) is 22.7 Å². The molecule has 10 heteroatoms. The molecule has 28 heavy (non-hydrogen) atoms. The van der Waals surface area contributed by atoms with Gasteiger partial charge in [-0.15, -0.1) is 20.4 Å². The van der Waals surface area contributed by atoms with Crippen LogP contribution < -0.4 is 10.1 Å². The number of thioether (sulfide) groups is 1. The second kappa shape index (κ2) is 8.72. The number of rotatable bonds is 7. The molecular weight excluding hydrogens is 462 g/mol. The summed E-state index contributed by atoms with van der Waals surface area (Å²) in [5, 5.41) is 20.5. The van der Waals surface area contributed by atoms with Crippen molar-refractivity contribution < 1.29 is 9.15 Å². The van der Waals surface area contributed by atoms with E-state index in [2.05, 4.69) is 41.6 Å². The second-order valence-electron chi connectivity index (χ2n) is 5.47. The molecule has 4 rings (SSSR count). The van der Waals surface area contributed by atoms with E-state index in [0.717, 1.165) is 25.8 Å². The summed E-state index contributed by atoms with van der Waals surface area (Å²) < 4.78 is 12.8. The first kappa shape index (κ1) is 18.9. The SMILES string of the molecule is COc1ccccc1Nc1nnc(SCc2nnc(-c3ccccc3Br)o2)s1. The molecule has 0 saturated carbocycles. The Morgan fingerprint density at radius 3 is 2.75 bits per heavy atom. The second-order valence-corrected chi connectivity index (χ2v) is 8.52. The number of hydrogen-bond acceptors (Lipinski definition) is 9. The molecule has 2 heterocycles. The van der Waals surface area contributed by atoms with Crippen molar-refractivity contribution in [3.63, 3.8) is 0 Å². The highest BCUT2D eigenvalue weighted by Crippen LogP contribution is 2.33. The number of hydrogen-bond donors (Lipinski definition) is 1. The Morgan fingerprint density at radius 1 is 1.07 bits per heavy atom. The molecule has 0 saturated heterocycles. The number of anilines is 2. The molecule has 0 aliphatic rings. The number of halogens is 1. The average molecular weight is 476 g/mol. The van der Waals surface area contributed by atoms with Gasteiger partial charge in [0.05, 0.1) is 24.1 Å². The van der Waals surface area contributed by atoms with Crippen LogP contribution in [0.5, 0.6) is 5.75 Å². The van der Waals surface area contributed by atoms with E-state index in [4.69, 9.17) is 9.15 Å². The number of nitrogens with zero attached hydrogens (tertiary/aromatic N) is 4. The fourth-order valence-electron chi connectivity index (χ4n) is 2.36. The van der Waals surface area contributed by atoms with Gasteiger partial charge in [-0.05, 0) is 40.2 Å². The smallest absolute Gasteiger partial charge is 0.248 e. The van der Waals surface area contributed by atoms with Crippen LogP contribution in [0.25, 0.3) is 11.5 Å². The summed E-state index contributed by atoms with van der Waals surface area (Å²) >= 11 is 6.43. The van der Waals surface area contributed by atoms with Crippen LogP contribution in [0.1, 0.15) is 5.89 Å². The third-order valence-electron chi connectivity index (χ3n) is 3.65. The molecule has 0 aliphatic carbocycles. The van der Waals surface area contributed by atoms with Gasteiger partial charge in [0.25, 0.3) is 0 Å². The standard InChI is InChI=1S/C18H14BrN5O2S2/c1-25-14-9-5-4-8-13(14)20-17-23-24-18(28-17)27-10-15-21-22-16(26-15)11-6-2-3-7-12(11)19/h2-9H,10H2,1H3,(H,20,23). The fraction of sp³-hybridized carbons (Fsp3) is 0.111. The molecule has 0 aliphatic heterocycles. The first-order valence-electron chi connectivity index (χ1n) is 8.16. The van der Waals surface area contributed by atoms with Crippen molar-refractivity contribution in [2.45, 2.75) is 10.1 Å². The van der Waals surface area contributed by atoms with Crippen LogP contribution in [-0.4, -0.2) is 27.5 Å². The molecule has 142 valence electrons. The molecule has 2 aromatic carbocycles. The van der Waals surface area contributed by atoms with Crippen molar-refractivity contribution in [3.8, 4) is 17.2 Å². The van der Waals surface area contributed by atoms with Crippen LogP contribution in [0.4, 0.5) is 10.8 Å². The Kier molecular flexibility index (Phi) is 5.89. The largest absolute Gasteiger partial charge is 0.495 e. The topological polar surface area (TPSA) is 86.0 Å². The van der Waals surface area contributed by atoms with Crippen molar-refractivity contribution in [2.75, 3.05) is 12.4 Å². The number of ether oxygens (including phenoxy) is 1. The molecule has 0 radical (unpaired) electrons.